The van der Waals surface area contributed by atoms with Crippen molar-refractivity contribution in [3.63, 3.8) is 0 Å². The Hall–Kier alpha value is -0.900. The molecular formula is C12H10IN. The normalized spacial score (nSPS) is 10.1. The number of benzene rings is 1. The summed E-state index contributed by atoms with van der Waals surface area (Å²) in [7, 11) is 0. The Morgan fingerprint density at radius 2 is 1.79 bits per heavy atom. The van der Waals surface area contributed by atoms with E-state index >= 15 is 0 Å². The lowest BCUT2D eigenvalue weighted by Gasteiger charge is -2.00. The lowest BCUT2D eigenvalue weighted by Crippen LogP contribution is -1.84. The SMILES string of the molecule is ICc1ccc(-c2ccccc2)nc1. The van der Waals surface area contributed by atoms with E-state index in [-0.39, 0.29) is 0 Å². The molecule has 0 radical (unpaired) electrons. The molecule has 2 aromatic rings. The molecule has 0 bridgehead atoms. The van der Waals surface area contributed by atoms with Gasteiger partial charge in [-0.25, -0.2) is 0 Å². The highest BCUT2D eigenvalue weighted by atomic mass is 127. The van der Waals surface area contributed by atoms with Crippen LogP contribution in [0.2, 0.25) is 0 Å². The Morgan fingerprint density at radius 3 is 2.36 bits per heavy atom. The van der Waals surface area contributed by atoms with Gasteiger partial charge in [-0.05, 0) is 11.6 Å². The number of halogens is 1. The molecule has 70 valence electrons. The van der Waals surface area contributed by atoms with Crippen molar-refractivity contribution < 1.29 is 0 Å². The van der Waals surface area contributed by atoms with Crippen LogP contribution < -0.4 is 0 Å². The predicted octanol–water partition coefficient (Wildman–Crippen LogP) is 3.68. The molecule has 0 saturated heterocycles. The molecule has 0 aliphatic heterocycles. The Labute approximate surface area is 97.3 Å². The van der Waals surface area contributed by atoms with Crippen LogP contribution in [-0.2, 0) is 4.43 Å². The van der Waals surface area contributed by atoms with E-state index in [1.54, 1.807) is 0 Å². The molecule has 0 aliphatic carbocycles. The smallest absolute Gasteiger partial charge is 0.0702 e. The van der Waals surface area contributed by atoms with Gasteiger partial charge >= 0.3 is 0 Å². The second kappa shape index (κ2) is 4.55. The van der Waals surface area contributed by atoms with Crippen LogP contribution in [-0.4, -0.2) is 4.98 Å². The lowest BCUT2D eigenvalue weighted by atomic mass is 10.1. The van der Waals surface area contributed by atoms with Gasteiger partial charge in [-0.2, -0.15) is 0 Å². The van der Waals surface area contributed by atoms with Crippen molar-refractivity contribution in [3.05, 3.63) is 54.2 Å². The van der Waals surface area contributed by atoms with E-state index in [0.29, 0.717) is 0 Å². The topological polar surface area (TPSA) is 12.9 Å². The number of rotatable bonds is 2. The molecule has 0 saturated carbocycles. The minimum atomic E-state index is 1.01. The van der Waals surface area contributed by atoms with Crippen LogP contribution in [0.1, 0.15) is 5.56 Å². The van der Waals surface area contributed by atoms with Crippen molar-refractivity contribution in [1.82, 2.24) is 4.98 Å². The monoisotopic (exact) mass is 295 g/mol. The maximum absolute atomic E-state index is 4.41. The summed E-state index contributed by atoms with van der Waals surface area (Å²) in [5.74, 6) is 0. The van der Waals surface area contributed by atoms with Crippen molar-refractivity contribution in [2.24, 2.45) is 0 Å². The minimum absolute atomic E-state index is 1.01. The molecule has 0 fully saturated rings. The molecule has 2 rings (SSSR count). The summed E-state index contributed by atoms with van der Waals surface area (Å²) in [5, 5.41) is 0. The van der Waals surface area contributed by atoms with Crippen LogP contribution in [0.25, 0.3) is 11.3 Å². The minimum Gasteiger partial charge on any atom is -0.256 e. The lowest BCUT2D eigenvalue weighted by molar-refractivity contribution is 1.26. The van der Waals surface area contributed by atoms with Gasteiger partial charge in [0.1, 0.15) is 0 Å². The summed E-state index contributed by atoms with van der Waals surface area (Å²) in [6, 6.07) is 14.4. The van der Waals surface area contributed by atoms with Crippen LogP contribution in [0.15, 0.2) is 48.7 Å². The highest BCUT2D eigenvalue weighted by molar-refractivity contribution is 14.1. The van der Waals surface area contributed by atoms with Crippen molar-refractivity contribution in [1.29, 1.82) is 0 Å². The predicted molar refractivity (Wildman–Crippen MR) is 67.4 cm³/mol. The van der Waals surface area contributed by atoms with Crippen LogP contribution in [0.3, 0.4) is 0 Å². The van der Waals surface area contributed by atoms with Crippen molar-refractivity contribution >= 4 is 22.6 Å². The van der Waals surface area contributed by atoms with Gasteiger partial charge < -0.3 is 0 Å². The Balaban J connectivity index is 2.34. The number of hydrogen-bond donors (Lipinski definition) is 0. The van der Waals surface area contributed by atoms with E-state index in [4.69, 9.17) is 0 Å². The zero-order valence-corrected chi connectivity index (χ0v) is 9.81. The first-order valence-electron chi connectivity index (χ1n) is 4.46. The first-order chi connectivity index (χ1) is 6.90. The Bertz CT molecular complexity index is 394. The van der Waals surface area contributed by atoms with E-state index in [2.05, 4.69) is 51.8 Å². The van der Waals surface area contributed by atoms with E-state index < -0.39 is 0 Å². The molecule has 0 amide bonds. The molecule has 2 heteroatoms. The van der Waals surface area contributed by atoms with Gasteiger partial charge in [-0.15, -0.1) is 0 Å². The fraction of sp³-hybridized carbons (Fsp3) is 0.0833. The standard InChI is InChI=1S/C12H10IN/c13-8-10-6-7-12(14-9-10)11-4-2-1-3-5-11/h1-7,9H,8H2. The summed E-state index contributed by atoms with van der Waals surface area (Å²) in [6.45, 7) is 0. The van der Waals surface area contributed by atoms with Gasteiger partial charge in [0.05, 0.1) is 5.69 Å². The maximum Gasteiger partial charge on any atom is 0.0702 e. The van der Waals surface area contributed by atoms with Gasteiger partial charge in [-0.1, -0.05) is 59.0 Å². The zero-order valence-electron chi connectivity index (χ0n) is 7.65. The quantitative estimate of drug-likeness (QED) is 0.608. The Kier molecular flexibility index (Phi) is 3.14. The van der Waals surface area contributed by atoms with Gasteiger partial charge in [0.15, 0.2) is 0 Å². The van der Waals surface area contributed by atoms with E-state index in [1.807, 2.05) is 24.4 Å². The maximum atomic E-state index is 4.41. The highest BCUT2D eigenvalue weighted by Crippen LogP contribution is 2.16. The number of hydrogen-bond acceptors (Lipinski definition) is 1. The van der Waals surface area contributed by atoms with Gasteiger partial charge in [0.25, 0.3) is 0 Å². The van der Waals surface area contributed by atoms with E-state index in [1.165, 1.54) is 11.1 Å². The second-order valence-corrected chi connectivity index (χ2v) is 3.81. The van der Waals surface area contributed by atoms with Crippen LogP contribution in [0, 0.1) is 0 Å². The number of aromatic nitrogens is 1. The first kappa shape index (κ1) is 9.65. The molecule has 1 nitrogen and oxygen atoms in total. The largest absolute Gasteiger partial charge is 0.256 e. The van der Waals surface area contributed by atoms with Crippen molar-refractivity contribution in [2.45, 2.75) is 4.43 Å². The number of alkyl halides is 1. The summed E-state index contributed by atoms with van der Waals surface area (Å²) >= 11 is 2.34. The fourth-order valence-electron chi connectivity index (χ4n) is 1.28. The van der Waals surface area contributed by atoms with Crippen LogP contribution >= 0.6 is 22.6 Å². The molecular weight excluding hydrogens is 285 g/mol. The molecule has 1 aromatic carbocycles. The summed E-state index contributed by atoms with van der Waals surface area (Å²) < 4.78 is 1.01. The third-order valence-corrected chi connectivity index (χ3v) is 2.93. The molecule has 1 aromatic heterocycles. The van der Waals surface area contributed by atoms with E-state index in [9.17, 15) is 0 Å². The molecule has 1 heterocycles. The molecule has 14 heavy (non-hydrogen) atoms. The van der Waals surface area contributed by atoms with Crippen LogP contribution in [0.4, 0.5) is 0 Å². The summed E-state index contributed by atoms with van der Waals surface area (Å²) in [6.07, 6.45) is 1.94. The van der Waals surface area contributed by atoms with Gasteiger partial charge in [0, 0.05) is 16.2 Å². The Morgan fingerprint density at radius 1 is 1.00 bits per heavy atom. The summed E-state index contributed by atoms with van der Waals surface area (Å²) in [5.41, 5.74) is 3.48. The molecule has 0 atom stereocenters. The summed E-state index contributed by atoms with van der Waals surface area (Å²) in [4.78, 5) is 4.41. The fourth-order valence-corrected chi connectivity index (χ4v) is 1.73. The third kappa shape index (κ3) is 2.12. The second-order valence-electron chi connectivity index (χ2n) is 3.05. The van der Waals surface area contributed by atoms with Crippen LogP contribution in [0.5, 0.6) is 0 Å². The zero-order chi connectivity index (χ0) is 9.80. The van der Waals surface area contributed by atoms with Crippen molar-refractivity contribution in [2.75, 3.05) is 0 Å². The number of pyridine rings is 1. The molecule has 0 N–H and O–H groups in total. The first-order valence-corrected chi connectivity index (χ1v) is 5.99. The molecule has 0 spiro atoms. The molecule has 0 aliphatic rings. The van der Waals surface area contributed by atoms with Crippen molar-refractivity contribution in [3.8, 4) is 11.3 Å². The highest BCUT2D eigenvalue weighted by Gasteiger charge is 1.97. The van der Waals surface area contributed by atoms with Gasteiger partial charge in [0.2, 0.25) is 0 Å². The third-order valence-electron chi connectivity index (χ3n) is 2.05. The average Bonchev–Trinajstić information content (AvgIpc) is 2.30. The number of nitrogens with zero attached hydrogens (tertiary/aromatic N) is 1. The average molecular weight is 295 g/mol. The van der Waals surface area contributed by atoms with Gasteiger partial charge in [-0.3, -0.25) is 4.98 Å². The molecule has 0 unspecified atom stereocenters. The van der Waals surface area contributed by atoms with E-state index in [0.717, 1.165) is 10.1 Å².